The molecule has 23 heavy (non-hydrogen) atoms. The van der Waals surface area contributed by atoms with Gasteiger partial charge in [0.25, 0.3) is 0 Å². The van der Waals surface area contributed by atoms with Gasteiger partial charge in [-0.3, -0.25) is 4.79 Å². The SMILES string of the molecule is COc1cccc(/C=C/C(=O)NC2CCOc3ccccc32)c1. The van der Waals surface area contributed by atoms with Crippen LogP contribution in [0.2, 0.25) is 0 Å². The van der Waals surface area contributed by atoms with Crippen molar-refractivity contribution in [2.45, 2.75) is 12.5 Å². The molecule has 4 nitrogen and oxygen atoms in total. The maximum atomic E-state index is 12.2. The second-order valence-corrected chi connectivity index (χ2v) is 5.35. The van der Waals surface area contributed by atoms with Gasteiger partial charge in [-0.25, -0.2) is 0 Å². The third kappa shape index (κ3) is 3.72. The third-order valence-electron chi connectivity index (χ3n) is 3.80. The van der Waals surface area contributed by atoms with Gasteiger partial charge >= 0.3 is 0 Å². The van der Waals surface area contributed by atoms with E-state index in [1.807, 2.05) is 48.5 Å². The maximum Gasteiger partial charge on any atom is 0.244 e. The normalized spacial score (nSPS) is 16.5. The molecule has 118 valence electrons. The van der Waals surface area contributed by atoms with Crippen molar-refractivity contribution in [1.82, 2.24) is 5.32 Å². The van der Waals surface area contributed by atoms with Crippen molar-refractivity contribution in [1.29, 1.82) is 0 Å². The van der Waals surface area contributed by atoms with Gasteiger partial charge in [0, 0.05) is 18.1 Å². The molecule has 0 saturated carbocycles. The Balaban J connectivity index is 1.67. The van der Waals surface area contributed by atoms with Crippen LogP contribution in [0, 0.1) is 0 Å². The zero-order valence-corrected chi connectivity index (χ0v) is 13.0. The molecule has 0 aliphatic carbocycles. The average molecular weight is 309 g/mol. The zero-order valence-electron chi connectivity index (χ0n) is 13.0. The number of para-hydroxylation sites is 1. The Kier molecular flexibility index (Phi) is 4.62. The van der Waals surface area contributed by atoms with Crippen LogP contribution in [0.4, 0.5) is 0 Å². The lowest BCUT2D eigenvalue weighted by atomic mass is 10.0. The Morgan fingerprint density at radius 3 is 3.00 bits per heavy atom. The molecule has 2 aromatic rings. The van der Waals surface area contributed by atoms with Gasteiger partial charge < -0.3 is 14.8 Å². The van der Waals surface area contributed by atoms with E-state index >= 15 is 0 Å². The number of carbonyl (C=O) groups is 1. The first-order valence-electron chi connectivity index (χ1n) is 7.60. The Morgan fingerprint density at radius 2 is 2.13 bits per heavy atom. The number of hydrogen-bond acceptors (Lipinski definition) is 3. The van der Waals surface area contributed by atoms with E-state index in [4.69, 9.17) is 9.47 Å². The summed E-state index contributed by atoms with van der Waals surface area (Å²) in [5, 5.41) is 3.04. The van der Waals surface area contributed by atoms with Gasteiger partial charge in [0.05, 0.1) is 19.8 Å². The highest BCUT2D eigenvalue weighted by Gasteiger charge is 2.21. The predicted octanol–water partition coefficient (Wildman–Crippen LogP) is 3.35. The lowest BCUT2D eigenvalue weighted by Gasteiger charge is -2.26. The minimum absolute atomic E-state index is 0.0117. The van der Waals surface area contributed by atoms with Crippen LogP contribution in [0.15, 0.2) is 54.6 Å². The molecule has 3 rings (SSSR count). The fraction of sp³-hybridized carbons (Fsp3) is 0.211. The fourth-order valence-corrected chi connectivity index (χ4v) is 2.63. The molecule has 0 aromatic heterocycles. The van der Waals surface area contributed by atoms with Gasteiger partial charge in [-0.05, 0) is 29.8 Å². The highest BCUT2D eigenvalue weighted by molar-refractivity contribution is 5.92. The summed E-state index contributed by atoms with van der Waals surface area (Å²) in [6, 6.07) is 15.4. The summed E-state index contributed by atoms with van der Waals surface area (Å²) in [6.45, 7) is 0.613. The van der Waals surface area contributed by atoms with Crippen LogP contribution in [0.5, 0.6) is 11.5 Å². The molecule has 0 fully saturated rings. The number of amides is 1. The van der Waals surface area contributed by atoms with Crippen molar-refractivity contribution < 1.29 is 14.3 Å². The van der Waals surface area contributed by atoms with Crippen molar-refractivity contribution in [3.05, 3.63) is 65.7 Å². The van der Waals surface area contributed by atoms with Crippen molar-refractivity contribution in [3.63, 3.8) is 0 Å². The molecule has 1 aliphatic rings. The standard InChI is InChI=1S/C19H19NO3/c1-22-15-6-4-5-14(13-15)9-10-19(21)20-17-11-12-23-18-8-3-2-7-16(17)18/h2-10,13,17H,11-12H2,1H3,(H,20,21)/b10-9+. The summed E-state index contributed by atoms with van der Waals surface area (Å²) in [5.74, 6) is 1.50. The molecule has 4 heteroatoms. The number of methoxy groups -OCH3 is 1. The van der Waals surface area contributed by atoms with Crippen LogP contribution in [0.25, 0.3) is 6.08 Å². The third-order valence-corrected chi connectivity index (χ3v) is 3.80. The van der Waals surface area contributed by atoms with E-state index in [0.717, 1.165) is 29.0 Å². The largest absolute Gasteiger partial charge is 0.497 e. The molecule has 1 aliphatic heterocycles. The molecule has 1 amide bonds. The van der Waals surface area contributed by atoms with Gasteiger partial charge in [0.2, 0.25) is 5.91 Å². The molecule has 1 heterocycles. The lowest BCUT2D eigenvalue weighted by Crippen LogP contribution is -2.30. The molecular formula is C19H19NO3. The number of ether oxygens (including phenoxy) is 2. The summed E-state index contributed by atoms with van der Waals surface area (Å²) in [6.07, 6.45) is 4.10. The molecular weight excluding hydrogens is 290 g/mol. The number of nitrogens with one attached hydrogen (secondary N) is 1. The first-order chi connectivity index (χ1) is 11.3. The smallest absolute Gasteiger partial charge is 0.244 e. The second-order valence-electron chi connectivity index (χ2n) is 5.35. The number of rotatable bonds is 4. The quantitative estimate of drug-likeness (QED) is 0.881. The van der Waals surface area contributed by atoms with Crippen molar-refractivity contribution in [2.75, 3.05) is 13.7 Å². The first kappa shape index (κ1) is 15.2. The lowest BCUT2D eigenvalue weighted by molar-refractivity contribution is -0.117. The zero-order chi connectivity index (χ0) is 16.1. The molecule has 2 aromatic carbocycles. The van der Waals surface area contributed by atoms with E-state index in [1.165, 1.54) is 0 Å². The minimum Gasteiger partial charge on any atom is -0.497 e. The van der Waals surface area contributed by atoms with Gasteiger partial charge in [-0.1, -0.05) is 30.3 Å². The number of hydrogen-bond donors (Lipinski definition) is 1. The van der Waals surface area contributed by atoms with Crippen LogP contribution in [0.3, 0.4) is 0 Å². The van der Waals surface area contributed by atoms with Crippen LogP contribution >= 0.6 is 0 Å². The van der Waals surface area contributed by atoms with Gasteiger partial charge in [0.1, 0.15) is 11.5 Å². The van der Waals surface area contributed by atoms with Gasteiger partial charge in [-0.15, -0.1) is 0 Å². The van der Waals surface area contributed by atoms with Gasteiger partial charge in [-0.2, -0.15) is 0 Å². The molecule has 1 unspecified atom stereocenters. The Morgan fingerprint density at radius 1 is 1.26 bits per heavy atom. The van der Waals surface area contributed by atoms with Crippen molar-refractivity contribution >= 4 is 12.0 Å². The summed E-state index contributed by atoms with van der Waals surface area (Å²) < 4.78 is 10.8. The average Bonchev–Trinajstić information content (AvgIpc) is 2.60. The van der Waals surface area contributed by atoms with E-state index in [0.29, 0.717) is 6.61 Å². The summed E-state index contributed by atoms with van der Waals surface area (Å²) in [7, 11) is 1.62. The number of benzene rings is 2. The van der Waals surface area contributed by atoms with Gasteiger partial charge in [0.15, 0.2) is 0 Å². The molecule has 0 spiro atoms. The summed E-state index contributed by atoms with van der Waals surface area (Å²) >= 11 is 0. The topological polar surface area (TPSA) is 47.6 Å². The number of carbonyl (C=O) groups excluding carboxylic acids is 1. The highest BCUT2D eigenvalue weighted by Crippen LogP contribution is 2.31. The van der Waals surface area contributed by atoms with Crippen LogP contribution in [-0.2, 0) is 4.79 Å². The molecule has 0 saturated heterocycles. The molecule has 1 N–H and O–H groups in total. The molecule has 0 radical (unpaired) electrons. The predicted molar refractivity (Wildman–Crippen MR) is 89.5 cm³/mol. The molecule has 1 atom stereocenters. The first-order valence-corrected chi connectivity index (χ1v) is 7.60. The van der Waals surface area contributed by atoms with Crippen molar-refractivity contribution in [2.24, 2.45) is 0 Å². The fourth-order valence-electron chi connectivity index (χ4n) is 2.63. The van der Waals surface area contributed by atoms with Crippen molar-refractivity contribution in [3.8, 4) is 11.5 Å². The van der Waals surface area contributed by atoms with E-state index in [-0.39, 0.29) is 11.9 Å². The number of fused-ring (bicyclic) bond motifs is 1. The summed E-state index contributed by atoms with van der Waals surface area (Å²) in [5.41, 5.74) is 1.95. The van der Waals surface area contributed by atoms with Crippen LogP contribution in [0.1, 0.15) is 23.6 Å². The Hall–Kier alpha value is -2.75. The summed E-state index contributed by atoms with van der Waals surface area (Å²) in [4.78, 5) is 12.2. The Bertz CT molecular complexity index is 724. The van der Waals surface area contributed by atoms with E-state index in [9.17, 15) is 4.79 Å². The highest BCUT2D eigenvalue weighted by atomic mass is 16.5. The van der Waals surface area contributed by atoms with E-state index in [1.54, 1.807) is 19.3 Å². The minimum atomic E-state index is -0.116. The molecule has 0 bridgehead atoms. The monoisotopic (exact) mass is 309 g/mol. The Labute approximate surface area is 135 Å². The maximum absolute atomic E-state index is 12.2. The van der Waals surface area contributed by atoms with E-state index in [2.05, 4.69) is 5.32 Å². The van der Waals surface area contributed by atoms with E-state index < -0.39 is 0 Å². The van der Waals surface area contributed by atoms with Crippen LogP contribution < -0.4 is 14.8 Å². The van der Waals surface area contributed by atoms with Crippen LogP contribution in [-0.4, -0.2) is 19.6 Å². The second kappa shape index (κ2) is 7.01.